The first-order valence-corrected chi connectivity index (χ1v) is 10.7. The molecule has 0 aromatic heterocycles. The van der Waals surface area contributed by atoms with Crippen molar-refractivity contribution in [2.45, 2.75) is 25.7 Å². The van der Waals surface area contributed by atoms with E-state index in [-0.39, 0.29) is 22.7 Å². The number of anilines is 3. The number of ether oxygens (including phenoxy) is 2. The van der Waals surface area contributed by atoms with Gasteiger partial charge in [-0.1, -0.05) is 6.08 Å². The van der Waals surface area contributed by atoms with E-state index in [0.717, 1.165) is 19.3 Å². The van der Waals surface area contributed by atoms with Crippen LogP contribution in [-0.2, 0) is 16.1 Å². The molecule has 2 aromatic carbocycles. The van der Waals surface area contributed by atoms with Crippen LogP contribution in [0, 0.1) is 0 Å². The zero-order valence-electron chi connectivity index (χ0n) is 16.8. The van der Waals surface area contributed by atoms with E-state index in [1.807, 2.05) is 6.08 Å². The Kier molecular flexibility index (Phi) is 7.27. The minimum atomic E-state index is -2.41. The molecule has 0 heterocycles. The predicted molar refractivity (Wildman–Crippen MR) is 118 cm³/mol. The van der Waals surface area contributed by atoms with E-state index in [4.69, 9.17) is 15.2 Å². The maximum atomic E-state index is 12.6. The van der Waals surface area contributed by atoms with Gasteiger partial charge in [0, 0.05) is 11.3 Å². The van der Waals surface area contributed by atoms with E-state index in [1.165, 1.54) is 19.2 Å². The lowest BCUT2D eigenvalue weighted by atomic mass is 10.00. The number of carbonyl (C=O) groups is 2. The van der Waals surface area contributed by atoms with Crippen molar-refractivity contribution in [2.24, 2.45) is 5.73 Å². The second-order valence-electron chi connectivity index (χ2n) is 6.79. The summed E-state index contributed by atoms with van der Waals surface area (Å²) >= 11 is -2.41. The molecule has 1 atom stereocenters. The van der Waals surface area contributed by atoms with Gasteiger partial charge in [0.2, 0.25) is 0 Å². The van der Waals surface area contributed by atoms with Crippen LogP contribution in [0.1, 0.15) is 36.0 Å². The monoisotopic (exact) mass is 445 g/mol. The third kappa shape index (κ3) is 5.62. The van der Waals surface area contributed by atoms with E-state index in [2.05, 4.69) is 10.0 Å². The first-order valence-electron chi connectivity index (χ1n) is 9.55. The van der Waals surface area contributed by atoms with Gasteiger partial charge in [-0.15, -0.1) is 0 Å². The minimum absolute atomic E-state index is 0.0470. The van der Waals surface area contributed by atoms with E-state index in [9.17, 15) is 18.4 Å². The maximum absolute atomic E-state index is 12.6. The quantitative estimate of drug-likeness (QED) is 0.277. The Morgan fingerprint density at radius 1 is 1.13 bits per heavy atom. The Morgan fingerprint density at radius 2 is 1.87 bits per heavy atom. The van der Waals surface area contributed by atoms with Gasteiger partial charge in [0.25, 0.3) is 17.2 Å². The van der Waals surface area contributed by atoms with Gasteiger partial charge < -0.3 is 20.5 Å². The molecule has 10 heteroatoms. The van der Waals surface area contributed by atoms with Crippen LogP contribution in [0.15, 0.2) is 48.0 Å². The highest BCUT2D eigenvalue weighted by molar-refractivity contribution is 7.80. The highest BCUT2D eigenvalue weighted by Crippen LogP contribution is 2.37. The molecule has 1 aliphatic carbocycles. The molecule has 0 saturated heterocycles. The zero-order valence-corrected chi connectivity index (χ0v) is 17.7. The molecule has 1 amide bonds. The largest absolute Gasteiger partial charge is 0.497 e. The van der Waals surface area contributed by atoms with Gasteiger partial charge in [0.1, 0.15) is 17.1 Å². The van der Waals surface area contributed by atoms with Crippen molar-refractivity contribution in [3.8, 4) is 11.5 Å². The summed E-state index contributed by atoms with van der Waals surface area (Å²) in [6, 6.07) is 9.55. The molecular formula is C21H23N3O6S. The van der Waals surface area contributed by atoms with Gasteiger partial charge in [0.15, 0.2) is 0 Å². The average molecular weight is 445 g/mol. The molecule has 31 heavy (non-hydrogen) atoms. The normalized spacial score (nSPS) is 14.2. The van der Waals surface area contributed by atoms with Gasteiger partial charge >= 0.3 is 5.97 Å². The number of rotatable bonds is 8. The number of amides is 1. The van der Waals surface area contributed by atoms with Gasteiger partial charge in [-0.25, -0.2) is 9.00 Å². The zero-order chi connectivity index (χ0) is 22.4. The predicted octanol–water partition coefficient (Wildman–Crippen LogP) is 3.49. The third-order valence-electron chi connectivity index (χ3n) is 4.73. The number of primary amides is 1. The van der Waals surface area contributed by atoms with Crippen LogP contribution < -0.4 is 25.2 Å². The number of hydrogen-bond acceptors (Lipinski definition) is 6. The lowest BCUT2D eigenvalue weighted by Crippen LogP contribution is -2.20. The fourth-order valence-electron chi connectivity index (χ4n) is 3.23. The van der Waals surface area contributed by atoms with Gasteiger partial charge in [-0.2, -0.15) is 0 Å². The highest BCUT2D eigenvalue weighted by atomic mass is 32.2. The van der Waals surface area contributed by atoms with Crippen LogP contribution in [0.25, 0.3) is 0 Å². The van der Waals surface area contributed by atoms with Crippen molar-refractivity contribution in [3.63, 3.8) is 0 Å². The number of nitrogens with two attached hydrogens (primary N) is 1. The number of allylic oxidation sites excluding steroid dienone is 1. The molecule has 1 aliphatic rings. The van der Waals surface area contributed by atoms with Gasteiger partial charge in [0.05, 0.1) is 18.5 Å². The fourth-order valence-corrected chi connectivity index (χ4v) is 3.59. The van der Waals surface area contributed by atoms with Crippen LogP contribution in [0.2, 0.25) is 0 Å². The van der Waals surface area contributed by atoms with Crippen molar-refractivity contribution in [3.05, 3.63) is 53.6 Å². The summed E-state index contributed by atoms with van der Waals surface area (Å²) in [7, 11) is 1.53. The summed E-state index contributed by atoms with van der Waals surface area (Å²) in [4.78, 5) is 24.9. The molecule has 0 spiro atoms. The number of carbonyl (C=O) groups excluding carboxylic acids is 2. The standard InChI is InChI=1S/C21H23N3O6S/c1-29-15-9-7-14(8-10-15)23-19-16(24-31(27)28)11-12-17(18(19)20(22)25)30-21(26)13-5-3-2-4-6-13/h5,7-12,23-24H,2-4,6H2,1H3,(H2,22,25)(H,27,28). The Balaban J connectivity index is 2.02. The SMILES string of the molecule is COc1ccc(Nc2c(NS(=O)O)ccc(OC(=O)C3=CCCCC3)c2C(N)=O)cc1. The lowest BCUT2D eigenvalue weighted by Gasteiger charge is -2.19. The van der Waals surface area contributed by atoms with Crippen LogP contribution in [0.5, 0.6) is 11.5 Å². The van der Waals surface area contributed by atoms with Crippen molar-refractivity contribution < 1.29 is 27.8 Å². The smallest absolute Gasteiger partial charge is 0.339 e. The van der Waals surface area contributed by atoms with Crippen molar-refractivity contribution in [1.82, 2.24) is 0 Å². The van der Waals surface area contributed by atoms with Crippen molar-refractivity contribution in [1.29, 1.82) is 0 Å². The number of hydrogen-bond donors (Lipinski definition) is 4. The second-order valence-corrected chi connectivity index (χ2v) is 7.50. The first kappa shape index (κ1) is 22.3. The average Bonchev–Trinajstić information content (AvgIpc) is 2.76. The van der Waals surface area contributed by atoms with Crippen LogP contribution in [0.4, 0.5) is 17.1 Å². The molecule has 0 saturated carbocycles. The molecule has 0 fully saturated rings. The minimum Gasteiger partial charge on any atom is -0.497 e. The summed E-state index contributed by atoms with van der Waals surface area (Å²) in [6.07, 6.45) is 5.13. The molecule has 164 valence electrons. The van der Waals surface area contributed by atoms with Crippen LogP contribution >= 0.6 is 0 Å². The topological polar surface area (TPSA) is 140 Å². The van der Waals surface area contributed by atoms with Crippen LogP contribution in [0.3, 0.4) is 0 Å². The lowest BCUT2D eigenvalue weighted by molar-refractivity contribution is -0.130. The summed E-state index contributed by atoms with van der Waals surface area (Å²) < 4.78 is 33.6. The number of nitrogens with one attached hydrogen (secondary N) is 2. The molecule has 3 rings (SSSR count). The first-order chi connectivity index (χ1) is 14.9. The van der Waals surface area contributed by atoms with Crippen molar-refractivity contribution in [2.75, 3.05) is 17.1 Å². The summed E-state index contributed by atoms with van der Waals surface area (Å²) in [6.45, 7) is 0. The summed E-state index contributed by atoms with van der Waals surface area (Å²) in [5, 5.41) is 3.00. The maximum Gasteiger partial charge on any atom is 0.339 e. The van der Waals surface area contributed by atoms with Crippen molar-refractivity contribution >= 4 is 40.2 Å². The Bertz CT molecular complexity index is 1040. The highest BCUT2D eigenvalue weighted by Gasteiger charge is 2.23. The second kappa shape index (κ2) is 10.1. The Labute approximate surface area is 182 Å². The number of methoxy groups -OCH3 is 1. The summed E-state index contributed by atoms with van der Waals surface area (Å²) in [5.41, 5.74) is 6.79. The van der Waals surface area contributed by atoms with Gasteiger partial charge in [-0.3, -0.25) is 14.1 Å². The summed E-state index contributed by atoms with van der Waals surface area (Å²) in [5.74, 6) is -0.846. The molecule has 1 unspecified atom stereocenters. The van der Waals surface area contributed by atoms with E-state index in [0.29, 0.717) is 23.4 Å². The number of esters is 1. The fraction of sp³-hybridized carbons (Fsp3) is 0.238. The Morgan fingerprint density at radius 3 is 2.45 bits per heavy atom. The molecule has 0 bridgehead atoms. The van der Waals surface area contributed by atoms with E-state index in [1.54, 1.807) is 24.3 Å². The molecular weight excluding hydrogens is 422 g/mol. The third-order valence-corrected chi connectivity index (χ3v) is 5.12. The van der Waals surface area contributed by atoms with Gasteiger partial charge in [-0.05, 0) is 62.1 Å². The molecule has 2 aromatic rings. The van der Waals surface area contributed by atoms with E-state index < -0.39 is 23.1 Å². The molecule has 5 N–H and O–H groups in total. The molecule has 9 nitrogen and oxygen atoms in total. The Hall–Kier alpha value is -3.37. The van der Waals surface area contributed by atoms with Crippen LogP contribution in [-0.4, -0.2) is 27.7 Å². The molecule has 0 aliphatic heterocycles. The number of benzene rings is 2. The molecule has 0 radical (unpaired) electrons. The van der Waals surface area contributed by atoms with E-state index >= 15 is 0 Å².